The molecule has 0 aromatic heterocycles. The summed E-state index contributed by atoms with van der Waals surface area (Å²) in [7, 11) is 2.33. The van der Waals surface area contributed by atoms with E-state index in [4.69, 9.17) is 9.31 Å². The van der Waals surface area contributed by atoms with E-state index in [2.05, 4.69) is 0 Å². The number of aromatic hydroxyl groups is 3. The molecule has 6 heteroatoms. The zero-order valence-electron chi connectivity index (χ0n) is 12.4. The van der Waals surface area contributed by atoms with Crippen LogP contribution < -0.4 is 5.46 Å². The average Bonchev–Trinajstić information content (AvgIpc) is 2.48. The Morgan fingerprint density at radius 3 is 2.00 bits per heavy atom. The van der Waals surface area contributed by atoms with Crippen molar-refractivity contribution in [2.45, 2.75) is 0 Å². The van der Waals surface area contributed by atoms with E-state index < -0.39 is 7.12 Å². The number of phenols is 3. The molecule has 0 bridgehead atoms. The molecular formula is C16H17BO5. The Labute approximate surface area is 129 Å². The van der Waals surface area contributed by atoms with Gasteiger partial charge in [-0.15, -0.1) is 0 Å². The number of hydrogen-bond acceptors (Lipinski definition) is 5. The molecule has 0 atom stereocenters. The predicted molar refractivity (Wildman–Crippen MR) is 86.2 cm³/mol. The van der Waals surface area contributed by atoms with Gasteiger partial charge in [0.25, 0.3) is 0 Å². The molecule has 0 radical (unpaired) electrons. The maximum Gasteiger partial charge on any atom is 0.497 e. The molecular weight excluding hydrogens is 283 g/mol. The molecule has 0 unspecified atom stereocenters. The van der Waals surface area contributed by atoms with Crippen molar-refractivity contribution in [2.24, 2.45) is 0 Å². The predicted octanol–water partition coefficient (Wildman–Crippen LogP) is 1.96. The van der Waals surface area contributed by atoms with Crippen molar-refractivity contribution in [1.29, 1.82) is 0 Å². The highest BCUT2D eigenvalue weighted by atomic mass is 16.6. The van der Waals surface area contributed by atoms with Gasteiger partial charge in [-0.05, 0) is 29.3 Å². The number of benzene rings is 2. The second-order valence-corrected chi connectivity index (χ2v) is 4.74. The van der Waals surface area contributed by atoms with Crippen LogP contribution in [0.3, 0.4) is 0 Å². The molecule has 0 heterocycles. The van der Waals surface area contributed by atoms with Crippen LogP contribution in [-0.4, -0.2) is 36.7 Å². The van der Waals surface area contributed by atoms with Crippen LogP contribution in [0, 0.1) is 0 Å². The van der Waals surface area contributed by atoms with Gasteiger partial charge < -0.3 is 24.6 Å². The standard InChI is InChI=1S/C16H17BO5/c1-21-17(22-2)15-9-11(5-6-16(15)20)3-4-12-7-13(18)10-14(19)8-12/h3-10,18-20H,1-2H3/b4-3+. The molecule has 2 aromatic carbocycles. The van der Waals surface area contributed by atoms with E-state index in [0.717, 1.165) is 5.56 Å². The van der Waals surface area contributed by atoms with Gasteiger partial charge in [-0.2, -0.15) is 0 Å². The quantitative estimate of drug-likeness (QED) is 0.581. The summed E-state index contributed by atoms with van der Waals surface area (Å²) in [6.45, 7) is 0. The molecule has 0 aliphatic rings. The van der Waals surface area contributed by atoms with E-state index >= 15 is 0 Å². The van der Waals surface area contributed by atoms with Crippen LogP contribution in [0.2, 0.25) is 0 Å². The zero-order chi connectivity index (χ0) is 16.1. The Morgan fingerprint density at radius 1 is 0.818 bits per heavy atom. The lowest BCUT2D eigenvalue weighted by molar-refractivity contribution is 0.290. The van der Waals surface area contributed by atoms with Crippen molar-refractivity contribution >= 4 is 24.7 Å². The highest BCUT2D eigenvalue weighted by Crippen LogP contribution is 2.22. The van der Waals surface area contributed by atoms with Crippen LogP contribution in [0.5, 0.6) is 17.2 Å². The summed E-state index contributed by atoms with van der Waals surface area (Å²) in [6.07, 6.45) is 3.53. The van der Waals surface area contributed by atoms with Crippen LogP contribution >= 0.6 is 0 Å². The van der Waals surface area contributed by atoms with Crippen LogP contribution in [0.25, 0.3) is 12.2 Å². The Balaban J connectivity index is 2.29. The fourth-order valence-electron chi connectivity index (χ4n) is 2.12. The third kappa shape index (κ3) is 3.81. The van der Waals surface area contributed by atoms with Crippen molar-refractivity contribution in [3.63, 3.8) is 0 Å². The summed E-state index contributed by atoms with van der Waals surface area (Å²) in [6, 6.07) is 9.36. The minimum Gasteiger partial charge on any atom is -0.508 e. The molecule has 0 aliphatic heterocycles. The summed E-state index contributed by atoms with van der Waals surface area (Å²) in [5, 5.41) is 28.8. The molecule has 0 fully saturated rings. The number of phenolic OH excluding ortho intramolecular Hbond substituents is 3. The molecule has 2 aromatic rings. The summed E-state index contributed by atoms with van der Waals surface area (Å²) in [5.74, 6) is 0.0654. The zero-order valence-corrected chi connectivity index (χ0v) is 12.4. The molecule has 0 saturated heterocycles. The van der Waals surface area contributed by atoms with Gasteiger partial charge in [-0.25, -0.2) is 0 Å². The lowest BCUT2D eigenvalue weighted by Gasteiger charge is -2.11. The van der Waals surface area contributed by atoms with Gasteiger partial charge in [0.05, 0.1) is 0 Å². The van der Waals surface area contributed by atoms with E-state index in [1.165, 1.54) is 32.4 Å². The van der Waals surface area contributed by atoms with Gasteiger partial charge in [0, 0.05) is 25.7 Å². The van der Waals surface area contributed by atoms with Gasteiger partial charge in [0.1, 0.15) is 17.2 Å². The van der Waals surface area contributed by atoms with Crippen molar-refractivity contribution in [2.75, 3.05) is 14.2 Å². The fraction of sp³-hybridized carbons (Fsp3) is 0.125. The van der Waals surface area contributed by atoms with Gasteiger partial charge in [-0.3, -0.25) is 0 Å². The van der Waals surface area contributed by atoms with Crippen molar-refractivity contribution in [3.8, 4) is 17.2 Å². The Kier molecular flexibility index (Phi) is 5.09. The minimum atomic E-state index is -0.654. The molecule has 22 heavy (non-hydrogen) atoms. The lowest BCUT2D eigenvalue weighted by Crippen LogP contribution is -2.35. The van der Waals surface area contributed by atoms with Crippen molar-refractivity contribution in [1.82, 2.24) is 0 Å². The molecule has 3 N–H and O–H groups in total. The molecule has 114 valence electrons. The highest BCUT2D eigenvalue weighted by Gasteiger charge is 2.21. The highest BCUT2D eigenvalue weighted by molar-refractivity contribution is 6.62. The topological polar surface area (TPSA) is 79.2 Å². The number of rotatable bonds is 5. The van der Waals surface area contributed by atoms with Crippen molar-refractivity contribution in [3.05, 3.63) is 47.5 Å². The van der Waals surface area contributed by atoms with Gasteiger partial charge in [0.15, 0.2) is 0 Å². The second-order valence-electron chi connectivity index (χ2n) is 4.74. The maximum atomic E-state index is 9.88. The first-order valence-electron chi connectivity index (χ1n) is 6.63. The van der Waals surface area contributed by atoms with Gasteiger partial charge >= 0.3 is 7.12 Å². The first kappa shape index (κ1) is 15.9. The van der Waals surface area contributed by atoms with Gasteiger partial charge in [0.2, 0.25) is 0 Å². The SMILES string of the molecule is COB(OC)c1cc(/C=C/c2cc(O)cc(O)c2)ccc1O. The largest absolute Gasteiger partial charge is 0.508 e. The van der Waals surface area contributed by atoms with Crippen LogP contribution in [0.1, 0.15) is 11.1 Å². The summed E-state index contributed by atoms with van der Waals surface area (Å²) in [5.41, 5.74) is 1.99. The molecule has 5 nitrogen and oxygen atoms in total. The van der Waals surface area contributed by atoms with E-state index in [9.17, 15) is 15.3 Å². The van der Waals surface area contributed by atoms with Crippen LogP contribution in [-0.2, 0) is 9.31 Å². The molecule has 0 amide bonds. The van der Waals surface area contributed by atoms with Crippen LogP contribution in [0.4, 0.5) is 0 Å². The maximum absolute atomic E-state index is 9.88. The summed E-state index contributed by atoms with van der Waals surface area (Å²) >= 11 is 0. The van der Waals surface area contributed by atoms with E-state index in [0.29, 0.717) is 11.0 Å². The molecule has 0 aliphatic carbocycles. The Morgan fingerprint density at radius 2 is 1.41 bits per heavy atom. The Bertz CT molecular complexity index is 660. The Hall–Kier alpha value is -2.44. The van der Waals surface area contributed by atoms with E-state index in [1.54, 1.807) is 30.4 Å². The third-order valence-electron chi connectivity index (χ3n) is 3.13. The first-order valence-corrected chi connectivity index (χ1v) is 6.63. The fourth-order valence-corrected chi connectivity index (χ4v) is 2.12. The van der Waals surface area contributed by atoms with E-state index in [-0.39, 0.29) is 17.2 Å². The van der Waals surface area contributed by atoms with Crippen LogP contribution in [0.15, 0.2) is 36.4 Å². The molecule has 0 saturated carbocycles. The first-order chi connectivity index (χ1) is 10.5. The summed E-state index contributed by atoms with van der Waals surface area (Å²) in [4.78, 5) is 0. The van der Waals surface area contributed by atoms with E-state index in [1.807, 2.05) is 0 Å². The summed E-state index contributed by atoms with van der Waals surface area (Å²) < 4.78 is 10.3. The monoisotopic (exact) mass is 300 g/mol. The second kappa shape index (κ2) is 7.02. The lowest BCUT2D eigenvalue weighted by atomic mass is 9.77. The minimum absolute atomic E-state index is 0.00937. The van der Waals surface area contributed by atoms with Crippen molar-refractivity contribution < 1.29 is 24.6 Å². The normalized spacial score (nSPS) is 11.0. The van der Waals surface area contributed by atoms with Gasteiger partial charge in [-0.1, -0.05) is 24.3 Å². The average molecular weight is 300 g/mol. The third-order valence-corrected chi connectivity index (χ3v) is 3.13. The molecule has 2 rings (SSSR count). The number of hydrogen-bond donors (Lipinski definition) is 3. The smallest absolute Gasteiger partial charge is 0.497 e. The molecule has 0 spiro atoms.